The molecule has 0 saturated heterocycles. The first kappa shape index (κ1) is 12.0. The number of rotatable bonds is 4. The van der Waals surface area contributed by atoms with Gasteiger partial charge >= 0.3 is 0 Å². The van der Waals surface area contributed by atoms with Gasteiger partial charge in [-0.15, -0.1) is 22.9 Å². The first-order chi connectivity index (χ1) is 6.45. The summed E-state index contributed by atoms with van der Waals surface area (Å²) < 4.78 is 0. The zero-order valence-corrected chi connectivity index (χ0v) is 10.7. The average molecular weight is 233 g/mol. The maximum absolute atomic E-state index is 5.90. The quantitative estimate of drug-likeness (QED) is 0.743. The summed E-state index contributed by atoms with van der Waals surface area (Å²) in [5.74, 6) is 0.632. The van der Waals surface area contributed by atoms with Crippen LogP contribution in [0.5, 0.6) is 0 Å². The summed E-state index contributed by atoms with van der Waals surface area (Å²) in [6, 6.07) is 0. The van der Waals surface area contributed by atoms with Gasteiger partial charge in [0.2, 0.25) is 0 Å². The lowest BCUT2D eigenvalue weighted by molar-refractivity contribution is 0.169. The Morgan fingerprint density at radius 1 is 1.57 bits per heavy atom. The molecule has 0 aliphatic heterocycles. The molecule has 0 amide bonds. The molecule has 0 bridgehead atoms. The summed E-state index contributed by atoms with van der Waals surface area (Å²) in [6.45, 7) is 7.17. The third kappa shape index (κ3) is 2.94. The highest BCUT2D eigenvalue weighted by Crippen LogP contribution is 2.18. The molecular formula is C10H17ClN2S. The van der Waals surface area contributed by atoms with Crippen LogP contribution in [0.2, 0.25) is 0 Å². The van der Waals surface area contributed by atoms with E-state index in [9.17, 15) is 0 Å². The summed E-state index contributed by atoms with van der Waals surface area (Å²) >= 11 is 7.59. The minimum atomic E-state index is 0.0269. The van der Waals surface area contributed by atoms with Crippen molar-refractivity contribution in [2.75, 3.05) is 12.9 Å². The monoisotopic (exact) mass is 232 g/mol. The van der Waals surface area contributed by atoms with Gasteiger partial charge in [0.15, 0.2) is 0 Å². The molecule has 0 radical (unpaired) electrons. The van der Waals surface area contributed by atoms with Crippen LogP contribution in [0.15, 0.2) is 5.38 Å². The van der Waals surface area contributed by atoms with Crippen molar-refractivity contribution in [3.05, 3.63) is 16.1 Å². The molecule has 0 atom stereocenters. The smallest absolute Gasteiger partial charge is 0.0897 e. The second kappa shape index (κ2) is 4.60. The number of aromatic nitrogens is 1. The minimum Gasteiger partial charge on any atom is -0.294 e. The van der Waals surface area contributed by atoms with Gasteiger partial charge in [0.1, 0.15) is 0 Å². The lowest BCUT2D eigenvalue weighted by atomic mass is 10.1. The molecule has 0 aliphatic carbocycles. The van der Waals surface area contributed by atoms with E-state index in [2.05, 4.69) is 36.2 Å². The van der Waals surface area contributed by atoms with Crippen LogP contribution in [0.4, 0.5) is 0 Å². The fourth-order valence-corrected chi connectivity index (χ4v) is 1.85. The standard InChI is InChI=1S/C10H17ClN2S/c1-8-12-9(6-14-8)5-13(4)10(2,3)7-11/h6H,5,7H2,1-4H3. The van der Waals surface area contributed by atoms with E-state index in [0.717, 1.165) is 17.2 Å². The number of thiazole rings is 1. The number of nitrogens with zero attached hydrogens (tertiary/aromatic N) is 2. The number of aryl methyl sites for hydroxylation is 1. The topological polar surface area (TPSA) is 16.1 Å². The van der Waals surface area contributed by atoms with Crippen molar-refractivity contribution in [2.24, 2.45) is 0 Å². The predicted molar refractivity (Wildman–Crippen MR) is 63.1 cm³/mol. The average Bonchev–Trinajstić information content (AvgIpc) is 2.51. The van der Waals surface area contributed by atoms with Gasteiger partial charge in [-0.25, -0.2) is 4.98 Å². The third-order valence-electron chi connectivity index (χ3n) is 2.43. The fourth-order valence-electron chi connectivity index (χ4n) is 1.04. The molecule has 0 saturated carbocycles. The van der Waals surface area contributed by atoms with Crippen LogP contribution in [0.3, 0.4) is 0 Å². The second-order valence-corrected chi connectivity index (χ2v) is 5.49. The van der Waals surface area contributed by atoms with E-state index in [0.29, 0.717) is 5.88 Å². The Morgan fingerprint density at radius 2 is 2.21 bits per heavy atom. The Kier molecular flexibility index (Phi) is 3.93. The molecule has 0 unspecified atom stereocenters. The fraction of sp³-hybridized carbons (Fsp3) is 0.700. The molecule has 0 fully saturated rings. The molecular weight excluding hydrogens is 216 g/mol. The molecule has 0 N–H and O–H groups in total. The van der Waals surface area contributed by atoms with Crippen LogP contribution in [-0.4, -0.2) is 28.4 Å². The van der Waals surface area contributed by atoms with E-state index in [-0.39, 0.29) is 5.54 Å². The van der Waals surface area contributed by atoms with E-state index in [1.54, 1.807) is 11.3 Å². The van der Waals surface area contributed by atoms with E-state index in [1.807, 2.05) is 6.92 Å². The summed E-state index contributed by atoms with van der Waals surface area (Å²) in [5.41, 5.74) is 1.16. The zero-order chi connectivity index (χ0) is 10.8. The number of hydrogen-bond acceptors (Lipinski definition) is 3. The van der Waals surface area contributed by atoms with Gasteiger partial charge in [-0.3, -0.25) is 4.90 Å². The summed E-state index contributed by atoms with van der Waals surface area (Å²) in [4.78, 5) is 6.66. The highest BCUT2D eigenvalue weighted by Gasteiger charge is 2.22. The molecule has 2 nitrogen and oxygen atoms in total. The van der Waals surface area contributed by atoms with Crippen LogP contribution in [-0.2, 0) is 6.54 Å². The maximum atomic E-state index is 5.90. The first-order valence-electron chi connectivity index (χ1n) is 4.64. The van der Waals surface area contributed by atoms with Gasteiger partial charge in [0.25, 0.3) is 0 Å². The Bertz CT molecular complexity index is 296. The maximum Gasteiger partial charge on any atom is 0.0897 e. The zero-order valence-electron chi connectivity index (χ0n) is 9.17. The van der Waals surface area contributed by atoms with Gasteiger partial charge in [0, 0.05) is 23.3 Å². The molecule has 1 aromatic heterocycles. The van der Waals surface area contributed by atoms with Crippen molar-refractivity contribution in [1.82, 2.24) is 9.88 Å². The number of halogens is 1. The predicted octanol–water partition coefficient (Wildman–Crippen LogP) is 2.90. The number of alkyl halides is 1. The van der Waals surface area contributed by atoms with Crippen LogP contribution in [0.25, 0.3) is 0 Å². The largest absolute Gasteiger partial charge is 0.294 e. The Morgan fingerprint density at radius 3 is 2.64 bits per heavy atom. The van der Waals surface area contributed by atoms with Gasteiger partial charge in [-0.05, 0) is 27.8 Å². The molecule has 0 aromatic carbocycles. The van der Waals surface area contributed by atoms with Gasteiger partial charge < -0.3 is 0 Å². The van der Waals surface area contributed by atoms with E-state index < -0.39 is 0 Å². The van der Waals surface area contributed by atoms with Crippen LogP contribution < -0.4 is 0 Å². The Balaban J connectivity index is 2.61. The highest BCUT2D eigenvalue weighted by molar-refractivity contribution is 7.09. The molecule has 0 spiro atoms. The van der Waals surface area contributed by atoms with Crippen molar-refractivity contribution < 1.29 is 0 Å². The SMILES string of the molecule is Cc1nc(CN(C)C(C)(C)CCl)cs1. The lowest BCUT2D eigenvalue weighted by Gasteiger charge is -2.33. The molecule has 1 rings (SSSR count). The molecule has 1 heterocycles. The molecule has 4 heteroatoms. The van der Waals surface area contributed by atoms with Crippen LogP contribution in [0.1, 0.15) is 24.5 Å². The summed E-state index contributed by atoms with van der Waals surface area (Å²) in [5, 5.41) is 3.23. The van der Waals surface area contributed by atoms with E-state index >= 15 is 0 Å². The van der Waals surface area contributed by atoms with Crippen molar-refractivity contribution in [2.45, 2.75) is 32.9 Å². The van der Waals surface area contributed by atoms with Crippen LogP contribution >= 0.6 is 22.9 Å². The summed E-state index contributed by atoms with van der Waals surface area (Å²) in [7, 11) is 2.08. The van der Waals surface area contributed by atoms with Gasteiger partial charge in [-0.1, -0.05) is 0 Å². The molecule has 80 valence electrons. The van der Waals surface area contributed by atoms with Crippen molar-refractivity contribution in [3.63, 3.8) is 0 Å². The lowest BCUT2D eigenvalue weighted by Crippen LogP contribution is -2.42. The van der Waals surface area contributed by atoms with E-state index in [1.165, 1.54) is 0 Å². The van der Waals surface area contributed by atoms with Crippen LogP contribution in [0, 0.1) is 6.92 Å². The first-order valence-corrected chi connectivity index (χ1v) is 6.05. The van der Waals surface area contributed by atoms with Crippen molar-refractivity contribution >= 4 is 22.9 Å². The van der Waals surface area contributed by atoms with Gasteiger partial charge in [-0.2, -0.15) is 0 Å². The Labute approximate surface area is 94.9 Å². The van der Waals surface area contributed by atoms with Crippen molar-refractivity contribution in [1.29, 1.82) is 0 Å². The number of hydrogen-bond donors (Lipinski definition) is 0. The Hall–Kier alpha value is -0.120. The summed E-state index contributed by atoms with van der Waals surface area (Å²) in [6.07, 6.45) is 0. The molecule has 1 aromatic rings. The highest BCUT2D eigenvalue weighted by atomic mass is 35.5. The normalized spacial score (nSPS) is 12.4. The van der Waals surface area contributed by atoms with Crippen molar-refractivity contribution in [3.8, 4) is 0 Å². The van der Waals surface area contributed by atoms with Gasteiger partial charge in [0.05, 0.1) is 10.7 Å². The third-order valence-corrected chi connectivity index (χ3v) is 3.90. The van der Waals surface area contributed by atoms with E-state index in [4.69, 9.17) is 11.6 Å². The second-order valence-electron chi connectivity index (χ2n) is 4.16. The minimum absolute atomic E-state index is 0.0269. The molecule has 0 aliphatic rings. The molecule has 14 heavy (non-hydrogen) atoms.